The molecule has 34 heavy (non-hydrogen) atoms. The van der Waals surface area contributed by atoms with E-state index in [9.17, 15) is 18.3 Å². The molecule has 4 aliphatic rings. The van der Waals surface area contributed by atoms with Crippen molar-refractivity contribution in [3.05, 3.63) is 23.8 Å². The highest BCUT2D eigenvalue weighted by molar-refractivity contribution is 7.80. The Morgan fingerprint density at radius 3 is 2.47 bits per heavy atom. The van der Waals surface area contributed by atoms with Gasteiger partial charge in [0.1, 0.15) is 0 Å². The number of hydrogen-bond donors (Lipinski definition) is 2. The highest BCUT2D eigenvalue weighted by Gasteiger charge is 2.59. The van der Waals surface area contributed by atoms with Gasteiger partial charge in [-0.25, -0.2) is 4.18 Å². The molecule has 3 unspecified atom stereocenters. The zero-order valence-electron chi connectivity index (χ0n) is 21.1. The summed E-state index contributed by atoms with van der Waals surface area (Å²) in [7, 11) is -4.39. The lowest BCUT2D eigenvalue weighted by Gasteiger charge is -2.57. The first-order valence-corrected chi connectivity index (χ1v) is 14.4. The second kappa shape index (κ2) is 9.45. The van der Waals surface area contributed by atoms with E-state index < -0.39 is 10.4 Å². The van der Waals surface area contributed by atoms with Crippen LogP contribution in [0.25, 0.3) is 0 Å². The summed E-state index contributed by atoms with van der Waals surface area (Å²) in [6.07, 6.45) is 13.7. The van der Waals surface area contributed by atoms with Crippen LogP contribution in [0.1, 0.15) is 79.1 Å². The van der Waals surface area contributed by atoms with Crippen molar-refractivity contribution in [1.29, 1.82) is 0 Å². The monoisotopic (exact) mass is 494 g/mol. The lowest BCUT2D eigenvalue weighted by Crippen LogP contribution is -2.52. The number of hydrogen-bond acceptors (Lipinski definition) is 5. The molecular weight excluding hydrogens is 452 g/mol. The number of carbonyl (C=O) groups is 1. The summed E-state index contributed by atoms with van der Waals surface area (Å²) in [4.78, 5) is 13.2. The van der Waals surface area contributed by atoms with Gasteiger partial charge in [0.25, 0.3) is 0 Å². The molecule has 9 atom stereocenters. The highest BCUT2D eigenvalue weighted by Crippen LogP contribution is 2.66. The predicted octanol–water partition coefficient (Wildman–Crippen LogP) is 5.14. The van der Waals surface area contributed by atoms with Crippen LogP contribution in [-0.4, -0.2) is 36.6 Å². The summed E-state index contributed by atoms with van der Waals surface area (Å²) in [5.41, 5.74) is 1.58. The summed E-state index contributed by atoms with van der Waals surface area (Å²) in [6, 6.07) is 0. The van der Waals surface area contributed by atoms with Gasteiger partial charge in [-0.2, -0.15) is 8.42 Å². The summed E-state index contributed by atoms with van der Waals surface area (Å²) in [5.74, 6) is 2.09. The Morgan fingerprint density at radius 2 is 1.76 bits per heavy atom. The molecule has 0 aromatic rings. The predicted molar refractivity (Wildman–Crippen MR) is 131 cm³/mol. The minimum atomic E-state index is -4.39. The van der Waals surface area contributed by atoms with E-state index in [0.717, 1.165) is 32.1 Å². The van der Waals surface area contributed by atoms with Gasteiger partial charge in [-0.1, -0.05) is 45.4 Å². The Hall–Kier alpha value is -1.02. The number of aliphatic hydroxyl groups is 1. The van der Waals surface area contributed by atoms with Crippen LogP contribution in [0.5, 0.6) is 0 Å². The normalized spacial score (nSPS) is 42.0. The standard InChI is InChI=1S/C27H42O6S/c1-17(16-33-34(30,31)32)6-5-7-18(2)21-8-9-22-20-15-25(29)24-14-19(28)10-12-27(24,4)23(20)11-13-26(21,22)3/h5,7,15,17-19,21-24,28H,6,8-14,16H2,1-4H3,(H,30,31,32)/b7-5+/t17?,18-,19-,21-,22?,23?,24-,26-,27-/m1/s1. The van der Waals surface area contributed by atoms with Gasteiger partial charge in [0.05, 0.1) is 12.7 Å². The Morgan fingerprint density at radius 1 is 1.09 bits per heavy atom. The van der Waals surface area contributed by atoms with E-state index in [4.69, 9.17) is 4.55 Å². The molecule has 0 aromatic carbocycles. The van der Waals surface area contributed by atoms with Crippen LogP contribution in [-0.2, 0) is 19.4 Å². The van der Waals surface area contributed by atoms with Gasteiger partial charge in [0.15, 0.2) is 5.78 Å². The first kappa shape index (κ1) is 26.1. The maximum absolute atomic E-state index is 13.2. The molecule has 0 heterocycles. The molecule has 7 heteroatoms. The van der Waals surface area contributed by atoms with Crippen molar-refractivity contribution in [3.63, 3.8) is 0 Å². The van der Waals surface area contributed by atoms with E-state index >= 15 is 0 Å². The summed E-state index contributed by atoms with van der Waals surface area (Å²) in [6.45, 7) is 8.90. The van der Waals surface area contributed by atoms with Gasteiger partial charge in [0, 0.05) is 5.92 Å². The number of allylic oxidation sites excluding steroid dienone is 4. The molecule has 0 bridgehead atoms. The van der Waals surface area contributed by atoms with E-state index in [1.807, 2.05) is 13.0 Å². The second-order valence-corrected chi connectivity index (χ2v) is 13.3. The topological polar surface area (TPSA) is 101 Å². The van der Waals surface area contributed by atoms with Gasteiger partial charge >= 0.3 is 10.4 Å². The van der Waals surface area contributed by atoms with Gasteiger partial charge in [-0.05, 0) is 97.9 Å². The number of rotatable bonds is 7. The third-order valence-electron chi connectivity index (χ3n) is 10.1. The highest BCUT2D eigenvalue weighted by atomic mass is 32.3. The Kier molecular flexibility index (Phi) is 7.24. The lowest BCUT2D eigenvalue weighted by molar-refractivity contribution is -0.132. The Balaban J connectivity index is 1.45. The summed E-state index contributed by atoms with van der Waals surface area (Å²) >= 11 is 0. The van der Waals surface area contributed by atoms with Crippen LogP contribution in [0.3, 0.4) is 0 Å². The molecule has 4 aliphatic carbocycles. The minimum Gasteiger partial charge on any atom is -0.393 e. The maximum Gasteiger partial charge on any atom is 0.397 e. The Labute approximate surface area is 205 Å². The van der Waals surface area contributed by atoms with Gasteiger partial charge < -0.3 is 5.11 Å². The first-order valence-electron chi connectivity index (χ1n) is 13.1. The third-order valence-corrected chi connectivity index (χ3v) is 10.5. The molecule has 0 radical (unpaired) electrons. The second-order valence-electron chi connectivity index (χ2n) is 12.2. The van der Waals surface area contributed by atoms with E-state index in [-0.39, 0.29) is 41.2 Å². The molecule has 3 fully saturated rings. The maximum atomic E-state index is 13.2. The quantitative estimate of drug-likeness (QED) is 0.375. The van der Waals surface area contributed by atoms with Gasteiger partial charge in [-0.3, -0.25) is 9.35 Å². The molecule has 0 saturated heterocycles. The molecule has 0 spiro atoms. The van der Waals surface area contributed by atoms with Gasteiger partial charge in [-0.15, -0.1) is 0 Å². The third kappa shape index (κ3) is 4.82. The van der Waals surface area contributed by atoms with Gasteiger partial charge in [0.2, 0.25) is 0 Å². The average molecular weight is 495 g/mol. The van der Waals surface area contributed by atoms with Crippen LogP contribution >= 0.6 is 0 Å². The van der Waals surface area contributed by atoms with Crippen molar-refractivity contribution in [2.75, 3.05) is 6.61 Å². The van der Waals surface area contributed by atoms with Crippen molar-refractivity contribution in [2.45, 2.75) is 85.2 Å². The molecule has 0 aromatic heterocycles. The van der Waals surface area contributed by atoms with Crippen molar-refractivity contribution < 1.29 is 27.1 Å². The fourth-order valence-electron chi connectivity index (χ4n) is 8.18. The number of fused-ring (bicyclic) bond motifs is 5. The molecule has 2 N–H and O–H groups in total. The largest absolute Gasteiger partial charge is 0.397 e. The fraction of sp³-hybridized carbons (Fsp3) is 0.815. The van der Waals surface area contributed by atoms with E-state index in [1.165, 1.54) is 12.0 Å². The van der Waals surface area contributed by atoms with Crippen molar-refractivity contribution in [3.8, 4) is 0 Å². The number of ketones is 1. The molecule has 0 aliphatic heterocycles. The Bertz CT molecular complexity index is 954. The van der Waals surface area contributed by atoms with E-state index in [0.29, 0.717) is 36.5 Å². The zero-order valence-corrected chi connectivity index (χ0v) is 21.9. The molecule has 0 amide bonds. The summed E-state index contributed by atoms with van der Waals surface area (Å²) in [5, 5.41) is 10.2. The van der Waals surface area contributed by atoms with Crippen LogP contribution in [0.2, 0.25) is 0 Å². The van der Waals surface area contributed by atoms with Crippen LogP contribution in [0, 0.1) is 46.3 Å². The number of carbonyl (C=O) groups excluding carboxylic acids is 1. The number of aliphatic hydroxyl groups excluding tert-OH is 1. The molecular formula is C27H42O6S. The molecule has 4 rings (SSSR count). The lowest BCUT2D eigenvalue weighted by atomic mass is 9.47. The molecule has 6 nitrogen and oxygen atoms in total. The van der Waals surface area contributed by atoms with Crippen molar-refractivity contribution in [1.82, 2.24) is 0 Å². The van der Waals surface area contributed by atoms with Crippen molar-refractivity contribution >= 4 is 16.2 Å². The SMILES string of the molecule is CC(C/C=C/[C@@H](C)[C@H]1CCC2C3=CC(=O)[C@H]4C[C@H](O)CC[C@]4(C)C3CC[C@@]21C)COS(=O)(=O)O. The minimum absolute atomic E-state index is 0.00571. The first-order chi connectivity index (χ1) is 15.8. The van der Waals surface area contributed by atoms with E-state index in [1.54, 1.807) is 0 Å². The summed E-state index contributed by atoms with van der Waals surface area (Å²) < 4.78 is 34.8. The van der Waals surface area contributed by atoms with Crippen molar-refractivity contribution in [2.24, 2.45) is 46.3 Å². The van der Waals surface area contributed by atoms with Crippen LogP contribution in [0.15, 0.2) is 23.8 Å². The molecule has 3 saturated carbocycles. The smallest absolute Gasteiger partial charge is 0.393 e. The van der Waals surface area contributed by atoms with Crippen LogP contribution in [0.4, 0.5) is 0 Å². The zero-order chi connectivity index (χ0) is 24.9. The fourth-order valence-corrected chi connectivity index (χ4v) is 8.58. The van der Waals surface area contributed by atoms with E-state index in [2.05, 4.69) is 37.1 Å². The molecule has 192 valence electrons. The van der Waals surface area contributed by atoms with Crippen LogP contribution < -0.4 is 0 Å². The average Bonchev–Trinajstić information content (AvgIpc) is 3.10.